The molecule has 1 heterocycles. The van der Waals surface area contributed by atoms with E-state index in [1.165, 1.54) is 13.5 Å². The number of ether oxygens (including phenoxy) is 1. The molecule has 0 atom stereocenters. The lowest BCUT2D eigenvalue weighted by Gasteiger charge is -2.26. The molecule has 0 aromatic heterocycles. The predicted octanol–water partition coefficient (Wildman–Crippen LogP) is 0.745. The summed E-state index contributed by atoms with van der Waals surface area (Å²) in [6.07, 6.45) is 3.27. The summed E-state index contributed by atoms with van der Waals surface area (Å²) in [5.74, 6) is 0.117. The molecular weight excluding hydrogens is 196 g/mol. The number of likely N-dealkylation sites (tertiary alicyclic amines) is 1. The standard InChI is InChI=1S/C10H18N2O3/c1-15-10(14)11-6-5-9(13)12-7-3-2-4-8-12/h2-8H2,1H3,(H,11,14). The van der Waals surface area contributed by atoms with E-state index in [0.717, 1.165) is 25.9 Å². The van der Waals surface area contributed by atoms with Crippen molar-refractivity contribution < 1.29 is 14.3 Å². The van der Waals surface area contributed by atoms with Crippen molar-refractivity contribution in [2.24, 2.45) is 0 Å². The fourth-order valence-corrected chi connectivity index (χ4v) is 1.65. The third-order valence-corrected chi connectivity index (χ3v) is 2.50. The maximum Gasteiger partial charge on any atom is 0.406 e. The van der Waals surface area contributed by atoms with E-state index in [0.29, 0.717) is 13.0 Å². The molecular formula is C10H18N2O3. The molecule has 5 nitrogen and oxygen atoms in total. The zero-order valence-electron chi connectivity index (χ0n) is 9.12. The largest absolute Gasteiger partial charge is 0.453 e. The molecule has 0 bridgehead atoms. The van der Waals surface area contributed by atoms with Gasteiger partial charge in [0.15, 0.2) is 0 Å². The summed E-state index contributed by atoms with van der Waals surface area (Å²) in [7, 11) is 1.31. The Morgan fingerprint density at radius 2 is 1.93 bits per heavy atom. The Kier molecular flexibility index (Phi) is 4.93. The van der Waals surface area contributed by atoms with E-state index in [9.17, 15) is 9.59 Å². The number of nitrogens with one attached hydrogen (secondary N) is 1. The topological polar surface area (TPSA) is 58.6 Å². The highest BCUT2D eigenvalue weighted by Gasteiger charge is 2.15. The minimum atomic E-state index is -0.485. The maximum absolute atomic E-state index is 11.6. The molecule has 1 N–H and O–H groups in total. The summed E-state index contributed by atoms with van der Waals surface area (Å²) < 4.78 is 4.40. The highest BCUT2D eigenvalue weighted by Crippen LogP contribution is 2.09. The average Bonchev–Trinajstić information content (AvgIpc) is 2.29. The van der Waals surface area contributed by atoms with E-state index in [2.05, 4.69) is 10.1 Å². The SMILES string of the molecule is COC(=O)NCCC(=O)N1CCCCC1. The molecule has 86 valence electrons. The Hall–Kier alpha value is -1.26. The van der Waals surface area contributed by atoms with E-state index < -0.39 is 6.09 Å². The maximum atomic E-state index is 11.6. The van der Waals surface area contributed by atoms with Crippen molar-refractivity contribution in [1.82, 2.24) is 10.2 Å². The second kappa shape index (κ2) is 6.27. The van der Waals surface area contributed by atoms with Crippen molar-refractivity contribution >= 4 is 12.0 Å². The number of hydrogen-bond acceptors (Lipinski definition) is 3. The van der Waals surface area contributed by atoms with Crippen LogP contribution in [0.25, 0.3) is 0 Å². The van der Waals surface area contributed by atoms with Gasteiger partial charge in [-0.1, -0.05) is 0 Å². The van der Waals surface area contributed by atoms with Crippen LogP contribution < -0.4 is 5.32 Å². The molecule has 1 rings (SSSR count). The highest BCUT2D eigenvalue weighted by molar-refractivity contribution is 5.77. The van der Waals surface area contributed by atoms with Crippen LogP contribution in [-0.4, -0.2) is 43.6 Å². The molecule has 0 spiro atoms. The molecule has 1 aliphatic rings. The van der Waals surface area contributed by atoms with Crippen LogP contribution in [0.5, 0.6) is 0 Å². The molecule has 0 aliphatic carbocycles. The minimum absolute atomic E-state index is 0.117. The van der Waals surface area contributed by atoms with Crippen LogP contribution in [-0.2, 0) is 9.53 Å². The smallest absolute Gasteiger partial charge is 0.406 e. The fourth-order valence-electron chi connectivity index (χ4n) is 1.65. The first-order valence-electron chi connectivity index (χ1n) is 5.33. The van der Waals surface area contributed by atoms with Crippen molar-refractivity contribution in [3.8, 4) is 0 Å². The Bertz CT molecular complexity index is 225. The van der Waals surface area contributed by atoms with Gasteiger partial charge in [0.05, 0.1) is 7.11 Å². The number of methoxy groups -OCH3 is 1. The Morgan fingerprint density at radius 3 is 2.53 bits per heavy atom. The van der Waals surface area contributed by atoms with Gasteiger partial charge in [-0.3, -0.25) is 4.79 Å². The minimum Gasteiger partial charge on any atom is -0.453 e. The van der Waals surface area contributed by atoms with Crippen molar-refractivity contribution in [1.29, 1.82) is 0 Å². The van der Waals surface area contributed by atoms with E-state index >= 15 is 0 Å². The number of amides is 2. The van der Waals surface area contributed by atoms with Crippen LogP contribution in [0.4, 0.5) is 4.79 Å². The van der Waals surface area contributed by atoms with E-state index in [1.54, 1.807) is 0 Å². The van der Waals surface area contributed by atoms with Gasteiger partial charge in [-0.05, 0) is 19.3 Å². The molecule has 15 heavy (non-hydrogen) atoms. The predicted molar refractivity (Wildman–Crippen MR) is 55.5 cm³/mol. The van der Waals surface area contributed by atoms with Crippen LogP contribution in [0.3, 0.4) is 0 Å². The lowest BCUT2D eigenvalue weighted by atomic mass is 10.1. The van der Waals surface area contributed by atoms with Gasteiger partial charge >= 0.3 is 6.09 Å². The number of rotatable bonds is 3. The quantitative estimate of drug-likeness (QED) is 0.754. The molecule has 1 fully saturated rings. The first kappa shape index (κ1) is 11.8. The number of alkyl carbamates (subject to hydrolysis) is 1. The van der Waals surface area contributed by atoms with Crippen molar-refractivity contribution in [2.45, 2.75) is 25.7 Å². The molecule has 5 heteroatoms. The Balaban J connectivity index is 2.14. The van der Waals surface area contributed by atoms with Crippen LogP contribution in [0.2, 0.25) is 0 Å². The Morgan fingerprint density at radius 1 is 1.27 bits per heavy atom. The molecule has 0 radical (unpaired) electrons. The third kappa shape index (κ3) is 4.18. The molecule has 0 unspecified atom stereocenters. The fraction of sp³-hybridized carbons (Fsp3) is 0.800. The van der Waals surface area contributed by atoms with Crippen molar-refractivity contribution in [3.05, 3.63) is 0 Å². The number of piperidine rings is 1. The van der Waals surface area contributed by atoms with Crippen LogP contribution >= 0.6 is 0 Å². The van der Waals surface area contributed by atoms with Gasteiger partial charge in [-0.25, -0.2) is 4.79 Å². The third-order valence-electron chi connectivity index (χ3n) is 2.50. The molecule has 0 saturated carbocycles. The monoisotopic (exact) mass is 214 g/mol. The van der Waals surface area contributed by atoms with Crippen LogP contribution in [0.15, 0.2) is 0 Å². The highest BCUT2D eigenvalue weighted by atomic mass is 16.5. The van der Waals surface area contributed by atoms with Gasteiger partial charge in [0, 0.05) is 26.1 Å². The average molecular weight is 214 g/mol. The number of nitrogens with zero attached hydrogens (tertiary/aromatic N) is 1. The molecule has 1 aliphatic heterocycles. The number of carbonyl (C=O) groups is 2. The summed E-state index contributed by atoms with van der Waals surface area (Å²) in [4.78, 5) is 24.2. The van der Waals surface area contributed by atoms with Gasteiger partial charge in [0.25, 0.3) is 0 Å². The zero-order chi connectivity index (χ0) is 11.1. The normalized spacial score (nSPS) is 15.9. The van der Waals surface area contributed by atoms with Gasteiger partial charge < -0.3 is 15.0 Å². The molecule has 2 amide bonds. The summed E-state index contributed by atoms with van der Waals surface area (Å²) >= 11 is 0. The number of hydrogen-bond donors (Lipinski definition) is 1. The van der Waals surface area contributed by atoms with E-state index in [-0.39, 0.29) is 5.91 Å². The summed E-state index contributed by atoms with van der Waals surface area (Å²) in [6.45, 7) is 2.07. The van der Waals surface area contributed by atoms with Crippen LogP contribution in [0.1, 0.15) is 25.7 Å². The molecule has 0 aromatic rings. The van der Waals surface area contributed by atoms with E-state index in [4.69, 9.17) is 0 Å². The summed E-state index contributed by atoms with van der Waals surface area (Å²) in [5.41, 5.74) is 0. The van der Waals surface area contributed by atoms with E-state index in [1.807, 2.05) is 4.90 Å². The van der Waals surface area contributed by atoms with Gasteiger partial charge in [0.1, 0.15) is 0 Å². The molecule has 1 saturated heterocycles. The Labute approximate surface area is 89.8 Å². The first-order valence-corrected chi connectivity index (χ1v) is 5.33. The lowest BCUT2D eigenvalue weighted by molar-refractivity contribution is -0.131. The second-order valence-corrected chi connectivity index (χ2v) is 3.61. The van der Waals surface area contributed by atoms with Gasteiger partial charge in [-0.15, -0.1) is 0 Å². The molecule has 0 aromatic carbocycles. The van der Waals surface area contributed by atoms with Crippen LogP contribution in [0, 0.1) is 0 Å². The van der Waals surface area contributed by atoms with Crippen molar-refractivity contribution in [2.75, 3.05) is 26.7 Å². The second-order valence-electron chi connectivity index (χ2n) is 3.61. The summed E-state index contributed by atoms with van der Waals surface area (Å²) in [6, 6.07) is 0. The lowest BCUT2D eigenvalue weighted by Crippen LogP contribution is -2.37. The zero-order valence-corrected chi connectivity index (χ0v) is 9.12. The van der Waals surface area contributed by atoms with Gasteiger partial charge in [-0.2, -0.15) is 0 Å². The van der Waals surface area contributed by atoms with Gasteiger partial charge in [0.2, 0.25) is 5.91 Å². The summed E-state index contributed by atoms with van der Waals surface area (Å²) in [5, 5.41) is 2.49. The number of carbonyl (C=O) groups excluding carboxylic acids is 2. The first-order chi connectivity index (χ1) is 7.24. The van der Waals surface area contributed by atoms with Crippen molar-refractivity contribution in [3.63, 3.8) is 0 Å².